The van der Waals surface area contributed by atoms with Crippen molar-refractivity contribution < 1.29 is 13.9 Å². The zero-order valence-electron chi connectivity index (χ0n) is 12.1. The highest BCUT2D eigenvalue weighted by Gasteiger charge is 2.25. The minimum Gasteiger partial charge on any atom is -0.465 e. The van der Waals surface area contributed by atoms with Crippen molar-refractivity contribution in [2.45, 2.75) is 31.7 Å². The second-order valence-corrected chi connectivity index (χ2v) is 6.58. The Labute approximate surface area is 123 Å². The molecule has 1 aromatic rings. The highest BCUT2D eigenvalue weighted by Crippen LogP contribution is 2.26. The predicted molar refractivity (Wildman–Crippen MR) is 79.5 cm³/mol. The Morgan fingerprint density at radius 2 is 2.25 bits per heavy atom. The smallest absolute Gasteiger partial charge is 0.340 e. The molecule has 0 aromatic heterocycles. The Hall–Kier alpha value is -1.07. The molecular weight excluding hydrogens is 277 g/mol. The molecule has 20 heavy (non-hydrogen) atoms. The van der Waals surface area contributed by atoms with Gasteiger partial charge in [-0.15, -0.1) is 0 Å². The van der Waals surface area contributed by atoms with Crippen molar-refractivity contribution in [3.05, 3.63) is 35.1 Å². The van der Waals surface area contributed by atoms with Crippen LogP contribution in [0.4, 0.5) is 4.39 Å². The number of nitrogens with zero attached hydrogens (tertiary/aromatic N) is 1. The normalized spacial score (nSPS) is 23.6. The molecule has 0 aliphatic carbocycles. The lowest BCUT2D eigenvalue weighted by atomic mass is 10.1. The summed E-state index contributed by atoms with van der Waals surface area (Å²) in [5.74, 6) is -0.0410. The Morgan fingerprint density at radius 1 is 1.50 bits per heavy atom. The number of esters is 1. The van der Waals surface area contributed by atoms with Gasteiger partial charge in [-0.25, -0.2) is 9.18 Å². The number of thioether (sulfide) groups is 1. The molecule has 2 rings (SSSR count). The van der Waals surface area contributed by atoms with Crippen LogP contribution >= 0.6 is 11.8 Å². The quantitative estimate of drug-likeness (QED) is 0.802. The van der Waals surface area contributed by atoms with Gasteiger partial charge in [0.1, 0.15) is 5.82 Å². The number of hydrogen-bond acceptors (Lipinski definition) is 4. The van der Waals surface area contributed by atoms with Gasteiger partial charge in [0.25, 0.3) is 0 Å². The Bertz CT molecular complexity index is 495. The van der Waals surface area contributed by atoms with E-state index in [-0.39, 0.29) is 5.56 Å². The van der Waals surface area contributed by atoms with E-state index >= 15 is 0 Å². The molecule has 5 heteroatoms. The molecule has 1 aliphatic heterocycles. The molecule has 0 saturated carbocycles. The van der Waals surface area contributed by atoms with Gasteiger partial charge in [0.2, 0.25) is 0 Å². The summed E-state index contributed by atoms with van der Waals surface area (Å²) in [6.07, 6.45) is 0. The number of carbonyl (C=O) groups is 1. The summed E-state index contributed by atoms with van der Waals surface area (Å²) in [5.41, 5.74) is 0.882. The molecule has 0 N–H and O–H groups in total. The molecule has 1 fully saturated rings. The van der Waals surface area contributed by atoms with Crippen molar-refractivity contribution >= 4 is 17.7 Å². The molecule has 1 saturated heterocycles. The summed E-state index contributed by atoms with van der Waals surface area (Å²) in [6.45, 7) is 6.15. The van der Waals surface area contributed by atoms with E-state index in [1.165, 1.54) is 19.2 Å². The highest BCUT2D eigenvalue weighted by atomic mass is 32.2. The van der Waals surface area contributed by atoms with E-state index < -0.39 is 11.8 Å². The maximum atomic E-state index is 13.9. The van der Waals surface area contributed by atoms with Crippen molar-refractivity contribution in [3.8, 4) is 0 Å². The number of methoxy groups -OCH3 is 1. The van der Waals surface area contributed by atoms with Crippen LogP contribution in [0.1, 0.15) is 29.8 Å². The molecular formula is C15H20FNO2S. The van der Waals surface area contributed by atoms with Crippen molar-refractivity contribution in [2.24, 2.45) is 0 Å². The molecule has 2 unspecified atom stereocenters. The fourth-order valence-electron chi connectivity index (χ4n) is 2.39. The lowest BCUT2D eigenvalue weighted by molar-refractivity contribution is 0.0595. The van der Waals surface area contributed by atoms with Gasteiger partial charge in [-0.05, 0) is 24.6 Å². The third-order valence-corrected chi connectivity index (χ3v) is 5.18. The molecule has 0 spiro atoms. The molecule has 2 atom stereocenters. The Kier molecular flexibility index (Phi) is 5.05. The number of rotatable bonds is 3. The van der Waals surface area contributed by atoms with Crippen LogP contribution < -0.4 is 0 Å². The Morgan fingerprint density at radius 3 is 2.90 bits per heavy atom. The van der Waals surface area contributed by atoms with Gasteiger partial charge in [-0.2, -0.15) is 11.8 Å². The van der Waals surface area contributed by atoms with Crippen LogP contribution in [0.2, 0.25) is 0 Å². The van der Waals surface area contributed by atoms with Gasteiger partial charge < -0.3 is 4.74 Å². The lowest BCUT2D eigenvalue weighted by Gasteiger charge is -2.37. The zero-order chi connectivity index (χ0) is 14.7. The molecule has 3 nitrogen and oxygen atoms in total. The summed E-state index contributed by atoms with van der Waals surface area (Å²) >= 11 is 1.98. The summed E-state index contributed by atoms with van der Waals surface area (Å²) in [4.78, 5) is 13.7. The second-order valence-electron chi connectivity index (χ2n) is 5.09. The monoisotopic (exact) mass is 297 g/mol. The fourth-order valence-corrected chi connectivity index (χ4v) is 3.55. The largest absolute Gasteiger partial charge is 0.465 e. The van der Waals surface area contributed by atoms with E-state index in [1.54, 1.807) is 6.07 Å². The van der Waals surface area contributed by atoms with E-state index in [9.17, 15) is 9.18 Å². The van der Waals surface area contributed by atoms with Crippen LogP contribution in [0.25, 0.3) is 0 Å². The average Bonchev–Trinajstić information content (AvgIpc) is 2.43. The van der Waals surface area contributed by atoms with Crippen LogP contribution in [0, 0.1) is 5.82 Å². The minimum absolute atomic E-state index is 0.00753. The summed E-state index contributed by atoms with van der Waals surface area (Å²) < 4.78 is 18.4. The van der Waals surface area contributed by atoms with Crippen LogP contribution in [-0.4, -0.2) is 41.6 Å². The van der Waals surface area contributed by atoms with Crippen molar-refractivity contribution in [3.63, 3.8) is 0 Å². The first-order chi connectivity index (χ1) is 9.52. The number of ether oxygens (including phenoxy) is 1. The first-order valence-corrected chi connectivity index (χ1v) is 7.80. The average molecular weight is 297 g/mol. The third-order valence-electron chi connectivity index (χ3n) is 3.84. The summed E-state index contributed by atoms with van der Waals surface area (Å²) in [6, 6.07) is 5.21. The van der Waals surface area contributed by atoms with E-state index in [2.05, 4.69) is 23.5 Å². The molecule has 1 heterocycles. The fraction of sp³-hybridized carbons (Fsp3) is 0.533. The zero-order valence-corrected chi connectivity index (χ0v) is 12.9. The van der Waals surface area contributed by atoms with Crippen molar-refractivity contribution in [2.75, 3.05) is 19.4 Å². The highest BCUT2D eigenvalue weighted by molar-refractivity contribution is 8.00. The summed E-state index contributed by atoms with van der Waals surface area (Å²) in [7, 11) is 1.25. The Balaban J connectivity index is 2.10. The van der Waals surface area contributed by atoms with Gasteiger partial charge in [0.15, 0.2) is 0 Å². The van der Waals surface area contributed by atoms with E-state index in [4.69, 9.17) is 0 Å². The minimum atomic E-state index is -0.634. The molecule has 0 amide bonds. The first-order valence-electron chi connectivity index (χ1n) is 6.75. The summed E-state index contributed by atoms with van der Waals surface area (Å²) in [5, 5.41) is 0.586. The van der Waals surface area contributed by atoms with E-state index in [0.29, 0.717) is 17.8 Å². The first kappa shape index (κ1) is 15.3. The van der Waals surface area contributed by atoms with Gasteiger partial charge in [0.05, 0.1) is 12.7 Å². The molecule has 1 aromatic carbocycles. The standard InChI is InChI=1S/C15H20FNO2S/c1-10-11(2)20-7-6-17(10)9-12-4-5-13(14(16)8-12)15(18)19-3/h4-5,8,10-11H,6-7,9H2,1-3H3. The van der Waals surface area contributed by atoms with E-state index in [0.717, 1.165) is 17.9 Å². The van der Waals surface area contributed by atoms with Crippen molar-refractivity contribution in [1.29, 1.82) is 0 Å². The van der Waals surface area contributed by atoms with Gasteiger partial charge in [-0.3, -0.25) is 4.90 Å². The molecule has 0 radical (unpaired) electrons. The van der Waals surface area contributed by atoms with Crippen LogP contribution in [0.3, 0.4) is 0 Å². The molecule has 1 aliphatic rings. The predicted octanol–water partition coefficient (Wildman–Crippen LogP) is 2.94. The SMILES string of the molecule is COC(=O)c1ccc(CN2CCSC(C)C2C)cc1F. The van der Waals surface area contributed by atoms with Crippen molar-refractivity contribution in [1.82, 2.24) is 4.90 Å². The topological polar surface area (TPSA) is 29.5 Å². The van der Waals surface area contributed by atoms with Gasteiger partial charge >= 0.3 is 5.97 Å². The number of benzene rings is 1. The molecule has 110 valence electrons. The third kappa shape index (κ3) is 3.33. The lowest BCUT2D eigenvalue weighted by Crippen LogP contribution is -2.43. The van der Waals surface area contributed by atoms with Crippen LogP contribution in [0.5, 0.6) is 0 Å². The number of carbonyl (C=O) groups excluding carboxylic acids is 1. The molecule has 0 bridgehead atoms. The number of hydrogen-bond donors (Lipinski definition) is 0. The van der Waals surface area contributed by atoms with E-state index in [1.807, 2.05) is 11.8 Å². The van der Waals surface area contributed by atoms with Crippen LogP contribution in [-0.2, 0) is 11.3 Å². The second kappa shape index (κ2) is 6.59. The van der Waals surface area contributed by atoms with Crippen LogP contribution in [0.15, 0.2) is 18.2 Å². The maximum absolute atomic E-state index is 13.9. The number of halogens is 1. The van der Waals surface area contributed by atoms with Gasteiger partial charge in [0, 0.05) is 30.1 Å². The maximum Gasteiger partial charge on any atom is 0.340 e. The van der Waals surface area contributed by atoms with Gasteiger partial charge in [-0.1, -0.05) is 13.0 Å².